The second-order valence-corrected chi connectivity index (χ2v) is 7.36. The van der Waals surface area contributed by atoms with Crippen molar-refractivity contribution in [3.05, 3.63) is 73.8 Å². The Kier molecular flexibility index (Phi) is 4.00. The monoisotopic (exact) mass is 417 g/mol. The third-order valence-electron chi connectivity index (χ3n) is 3.59. The minimum atomic E-state index is -0.394. The quantitative estimate of drug-likeness (QED) is 0.401. The van der Waals surface area contributed by atoms with Crippen molar-refractivity contribution in [2.45, 2.75) is 0 Å². The summed E-state index contributed by atoms with van der Waals surface area (Å²) in [5, 5.41) is 3.01. The molecule has 0 amide bonds. The Morgan fingerprint density at radius 3 is 2.62 bits per heavy atom. The van der Waals surface area contributed by atoms with Gasteiger partial charge >= 0.3 is 5.63 Å². The largest absolute Gasteiger partial charge is 0.403 e. The minimum absolute atomic E-state index is 0.277. The number of halogens is 2. The molecule has 0 saturated carbocycles. The lowest BCUT2D eigenvalue weighted by atomic mass is 10.1. The van der Waals surface area contributed by atoms with Gasteiger partial charge in [0.05, 0.1) is 0 Å². The maximum Gasteiger partial charge on any atom is 0.348 e. The van der Waals surface area contributed by atoms with Gasteiger partial charge in [-0.1, -0.05) is 45.7 Å². The fourth-order valence-corrected chi connectivity index (χ4v) is 3.85. The molecule has 0 aliphatic heterocycles. The summed E-state index contributed by atoms with van der Waals surface area (Å²) in [5.74, 6) is 0.277. The van der Waals surface area contributed by atoms with Crippen molar-refractivity contribution in [2.75, 3.05) is 0 Å². The van der Waals surface area contributed by atoms with E-state index in [-0.39, 0.29) is 5.89 Å². The maximum absolute atomic E-state index is 12.5. The molecule has 2 aromatic heterocycles. The highest BCUT2D eigenvalue weighted by Gasteiger charge is 2.15. The van der Waals surface area contributed by atoms with E-state index in [1.165, 1.54) is 11.3 Å². The van der Waals surface area contributed by atoms with Gasteiger partial charge in [-0.15, -0.1) is 11.3 Å². The Morgan fingerprint density at radius 2 is 1.88 bits per heavy atom. The van der Waals surface area contributed by atoms with Gasteiger partial charge < -0.3 is 4.42 Å². The molecule has 2 aromatic carbocycles. The van der Waals surface area contributed by atoms with Crippen LogP contribution in [0.4, 0.5) is 0 Å². The van der Waals surface area contributed by atoms with Gasteiger partial charge in [0.15, 0.2) is 0 Å². The molecule has 4 aromatic rings. The zero-order valence-electron chi connectivity index (χ0n) is 12.1. The van der Waals surface area contributed by atoms with Gasteiger partial charge in [0.1, 0.15) is 10.2 Å². The Bertz CT molecular complexity index is 1100. The predicted octanol–water partition coefficient (Wildman–Crippen LogP) is 6.00. The number of hydrogen-bond acceptors (Lipinski definition) is 4. The molecule has 0 atom stereocenters. The summed E-state index contributed by atoms with van der Waals surface area (Å²) < 4.78 is 6.43. The van der Waals surface area contributed by atoms with Gasteiger partial charge in [-0.05, 0) is 35.9 Å². The molecule has 0 N–H and O–H groups in total. The van der Waals surface area contributed by atoms with Crippen LogP contribution in [-0.2, 0) is 0 Å². The van der Waals surface area contributed by atoms with Crippen molar-refractivity contribution in [3.63, 3.8) is 0 Å². The number of rotatable bonds is 2. The average molecular weight is 419 g/mol. The molecule has 3 nitrogen and oxygen atoms in total. The van der Waals surface area contributed by atoms with Crippen molar-refractivity contribution < 1.29 is 4.42 Å². The van der Waals surface area contributed by atoms with E-state index in [0.29, 0.717) is 20.8 Å². The van der Waals surface area contributed by atoms with Crippen molar-refractivity contribution >= 4 is 49.1 Å². The van der Waals surface area contributed by atoms with Crippen molar-refractivity contribution in [1.82, 2.24) is 4.98 Å². The van der Waals surface area contributed by atoms with E-state index in [4.69, 9.17) is 16.0 Å². The minimum Gasteiger partial charge on any atom is -0.403 e. The van der Waals surface area contributed by atoms with Crippen LogP contribution in [0.25, 0.3) is 32.8 Å². The summed E-state index contributed by atoms with van der Waals surface area (Å²) in [7, 11) is 0. The summed E-state index contributed by atoms with van der Waals surface area (Å²) in [6.07, 6.45) is 0. The Hall–Kier alpha value is -1.95. The third kappa shape index (κ3) is 2.79. The van der Waals surface area contributed by atoms with E-state index in [2.05, 4.69) is 20.9 Å². The Balaban J connectivity index is 1.90. The zero-order chi connectivity index (χ0) is 16.7. The molecule has 0 aliphatic rings. The second kappa shape index (κ2) is 6.16. The first-order valence-electron chi connectivity index (χ1n) is 7.06. The predicted molar refractivity (Wildman–Crippen MR) is 102 cm³/mol. The smallest absolute Gasteiger partial charge is 0.348 e. The van der Waals surface area contributed by atoms with E-state index >= 15 is 0 Å². The molecule has 4 rings (SSSR count). The van der Waals surface area contributed by atoms with Gasteiger partial charge in [-0.3, -0.25) is 0 Å². The summed E-state index contributed by atoms with van der Waals surface area (Å²) in [5.41, 5.74) is 2.07. The highest BCUT2D eigenvalue weighted by Crippen LogP contribution is 2.33. The molecule has 0 unspecified atom stereocenters. The topological polar surface area (TPSA) is 43.1 Å². The van der Waals surface area contributed by atoms with E-state index in [9.17, 15) is 4.79 Å². The van der Waals surface area contributed by atoms with Crippen LogP contribution in [0, 0.1) is 0 Å². The lowest BCUT2D eigenvalue weighted by Crippen LogP contribution is -2.02. The highest BCUT2D eigenvalue weighted by molar-refractivity contribution is 9.10. The van der Waals surface area contributed by atoms with Gasteiger partial charge in [0.2, 0.25) is 5.89 Å². The Morgan fingerprint density at radius 1 is 1.08 bits per heavy atom. The molecular formula is C18H9BrClNO2S. The molecule has 118 valence electrons. The summed E-state index contributed by atoms with van der Waals surface area (Å²) in [4.78, 5) is 17.7. The van der Waals surface area contributed by atoms with Gasteiger partial charge in [0.25, 0.3) is 0 Å². The first-order chi connectivity index (χ1) is 11.6. The number of nitrogens with zero attached hydrogens (tertiary/aromatic N) is 1. The molecule has 0 spiro atoms. The first kappa shape index (κ1) is 15.6. The van der Waals surface area contributed by atoms with Gasteiger partial charge in [0, 0.05) is 26.0 Å². The lowest BCUT2D eigenvalue weighted by molar-refractivity contribution is 0.519. The molecule has 0 radical (unpaired) electrons. The Labute approximate surface area is 154 Å². The van der Waals surface area contributed by atoms with Crippen LogP contribution in [0.15, 0.2) is 67.6 Å². The number of aromatic nitrogens is 1. The van der Waals surface area contributed by atoms with Crippen LogP contribution in [0.2, 0.25) is 5.02 Å². The molecule has 6 heteroatoms. The maximum atomic E-state index is 12.5. The SMILES string of the molecule is O=c1oc(-c2cccc(Cl)c2)nc2scc(-c3ccc(Br)cc3)c12. The van der Waals surface area contributed by atoms with E-state index in [1.807, 2.05) is 35.7 Å². The lowest BCUT2D eigenvalue weighted by Gasteiger charge is -2.02. The second-order valence-electron chi connectivity index (χ2n) is 5.15. The van der Waals surface area contributed by atoms with Crippen LogP contribution in [0.1, 0.15) is 0 Å². The molecule has 0 aliphatic carbocycles. The zero-order valence-corrected chi connectivity index (χ0v) is 15.3. The standard InChI is InChI=1S/C18H9BrClNO2S/c19-12-6-4-10(5-7-12)14-9-24-17-15(14)18(22)23-16(21-17)11-2-1-3-13(20)8-11/h1-9H. The van der Waals surface area contributed by atoms with Gasteiger partial charge in [-0.25, -0.2) is 9.78 Å². The van der Waals surface area contributed by atoms with Gasteiger partial charge in [-0.2, -0.15) is 0 Å². The van der Waals surface area contributed by atoms with Crippen molar-refractivity contribution in [3.8, 4) is 22.6 Å². The first-order valence-corrected chi connectivity index (χ1v) is 9.11. The number of hydrogen-bond donors (Lipinski definition) is 0. The van der Waals surface area contributed by atoms with Crippen molar-refractivity contribution in [2.24, 2.45) is 0 Å². The molecule has 0 bridgehead atoms. The summed E-state index contributed by atoms with van der Waals surface area (Å²) in [6, 6.07) is 14.9. The van der Waals surface area contributed by atoms with Crippen LogP contribution >= 0.6 is 38.9 Å². The normalized spacial score (nSPS) is 11.1. The third-order valence-corrected chi connectivity index (χ3v) is 5.23. The number of fused-ring (bicyclic) bond motifs is 1. The fourth-order valence-electron chi connectivity index (χ4n) is 2.47. The van der Waals surface area contributed by atoms with Crippen LogP contribution in [-0.4, -0.2) is 4.98 Å². The van der Waals surface area contributed by atoms with Crippen LogP contribution in [0.3, 0.4) is 0 Å². The number of benzene rings is 2. The summed E-state index contributed by atoms with van der Waals surface area (Å²) in [6.45, 7) is 0. The van der Waals surface area contributed by atoms with Crippen LogP contribution in [0.5, 0.6) is 0 Å². The van der Waals surface area contributed by atoms with E-state index < -0.39 is 5.63 Å². The van der Waals surface area contributed by atoms with E-state index in [1.54, 1.807) is 18.2 Å². The number of thiophene rings is 1. The van der Waals surface area contributed by atoms with E-state index in [0.717, 1.165) is 15.6 Å². The highest BCUT2D eigenvalue weighted by atomic mass is 79.9. The molecule has 2 heterocycles. The molecule has 24 heavy (non-hydrogen) atoms. The molecule has 0 fully saturated rings. The molecule has 0 saturated heterocycles. The average Bonchev–Trinajstić information content (AvgIpc) is 3.00. The molecular weight excluding hydrogens is 410 g/mol. The van der Waals surface area contributed by atoms with Crippen LogP contribution < -0.4 is 5.63 Å². The summed E-state index contributed by atoms with van der Waals surface area (Å²) >= 11 is 10.8. The fraction of sp³-hybridized carbons (Fsp3) is 0. The van der Waals surface area contributed by atoms with Crippen molar-refractivity contribution in [1.29, 1.82) is 0 Å².